The number of imidazole rings is 1. The minimum Gasteiger partial charge on any atom is -0.315 e. The SMILES string of the molecule is CCc1nc(I)cn1C(c1ccccc1)(c1ccccc1)c1ccccc1. The third kappa shape index (κ3) is 3.10. The van der Waals surface area contributed by atoms with Gasteiger partial charge in [0.2, 0.25) is 0 Å². The van der Waals surface area contributed by atoms with E-state index in [1.807, 2.05) is 0 Å². The molecule has 1 aromatic heterocycles. The first-order valence-electron chi connectivity index (χ1n) is 9.17. The first-order valence-corrected chi connectivity index (χ1v) is 10.3. The quantitative estimate of drug-likeness (QED) is 0.266. The fourth-order valence-corrected chi connectivity index (χ4v) is 4.44. The molecule has 4 aromatic rings. The lowest BCUT2D eigenvalue weighted by Crippen LogP contribution is -2.38. The van der Waals surface area contributed by atoms with Crippen LogP contribution in [-0.4, -0.2) is 9.55 Å². The van der Waals surface area contributed by atoms with Crippen molar-refractivity contribution in [3.8, 4) is 0 Å². The van der Waals surface area contributed by atoms with Crippen molar-refractivity contribution in [3.63, 3.8) is 0 Å². The summed E-state index contributed by atoms with van der Waals surface area (Å²) in [6, 6.07) is 32.2. The van der Waals surface area contributed by atoms with Crippen LogP contribution in [0.3, 0.4) is 0 Å². The number of benzene rings is 3. The van der Waals surface area contributed by atoms with E-state index in [9.17, 15) is 0 Å². The fraction of sp³-hybridized carbons (Fsp3) is 0.125. The summed E-state index contributed by atoms with van der Waals surface area (Å²) in [5.74, 6) is 1.08. The number of aromatic nitrogens is 2. The maximum absolute atomic E-state index is 4.82. The van der Waals surface area contributed by atoms with Crippen molar-refractivity contribution in [2.24, 2.45) is 0 Å². The Labute approximate surface area is 174 Å². The summed E-state index contributed by atoms with van der Waals surface area (Å²) < 4.78 is 3.37. The average Bonchev–Trinajstić information content (AvgIpc) is 3.12. The van der Waals surface area contributed by atoms with Crippen LogP contribution < -0.4 is 0 Å². The van der Waals surface area contributed by atoms with Gasteiger partial charge in [-0.05, 0) is 39.3 Å². The molecule has 27 heavy (non-hydrogen) atoms. The van der Waals surface area contributed by atoms with E-state index >= 15 is 0 Å². The summed E-state index contributed by atoms with van der Waals surface area (Å²) >= 11 is 2.32. The number of aryl methyl sites for hydroxylation is 1. The second-order valence-electron chi connectivity index (χ2n) is 6.51. The molecule has 0 fully saturated rings. The van der Waals surface area contributed by atoms with E-state index in [1.165, 1.54) is 16.7 Å². The molecule has 3 heteroatoms. The number of halogens is 1. The van der Waals surface area contributed by atoms with Crippen LogP contribution in [-0.2, 0) is 12.0 Å². The highest BCUT2D eigenvalue weighted by molar-refractivity contribution is 14.1. The van der Waals surface area contributed by atoms with Crippen molar-refractivity contribution < 1.29 is 0 Å². The van der Waals surface area contributed by atoms with Crippen LogP contribution in [0.5, 0.6) is 0 Å². The molecule has 1 heterocycles. The zero-order chi connectivity index (χ0) is 18.7. The fourth-order valence-electron chi connectivity index (χ4n) is 3.88. The van der Waals surface area contributed by atoms with E-state index in [4.69, 9.17) is 4.98 Å². The van der Waals surface area contributed by atoms with E-state index in [-0.39, 0.29) is 0 Å². The normalized spacial score (nSPS) is 11.5. The molecule has 3 aromatic carbocycles. The highest BCUT2D eigenvalue weighted by Gasteiger charge is 2.39. The van der Waals surface area contributed by atoms with Gasteiger partial charge in [-0.1, -0.05) is 97.9 Å². The van der Waals surface area contributed by atoms with Gasteiger partial charge in [0.1, 0.15) is 15.1 Å². The second kappa shape index (κ2) is 7.69. The predicted molar refractivity (Wildman–Crippen MR) is 119 cm³/mol. The number of rotatable bonds is 5. The zero-order valence-corrected chi connectivity index (χ0v) is 17.4. The Morgan fingerprint density at radius 2 is 1.15 bits per heavy atom. The van der Waals surface area contributed by atoms with Gasteiger partial charge in [-0.2, -0.15) is 0 Å². The molecule has 0 aliphatic heterocycles. The van der Waals surface area contributed by atoms with Gasteiger partial charge in [-0.25, -0.2) is 4.98 Å². The van der Waals surface area contributed by atoms with Crippen molar-refractivity contribution in [1.29, 1.82) is 0 Å². The van der Waals surface area contributed by atoms with Crippen LogP contribution in [0, 0.1) is 3.70 Å². The maximum Gasteiger partial charge on any atom is 0.121 e. The molecule has 0 radical (unpaired) electrons. The molecular weight excluding hydrogens is 443 g/mol. The van der Waals surface area contributed by atoms with E-state index in [2.05, 4.69) is 131 Å². The van der Waals surface area contributed by atoms with Gasteiger partial charge < -0.3 is 4.57 Å². The molecular formula is C24H21IN2. The third-order valence-corrected chi connectivity index (χ3v) is 5.52. The van der Waals surface area contributed by atoms with Crippen LogP contribution >= 0.6 is 22.6 Å². The summed E-state index contributed by atoms with van der Waals surface area (Å²) in [6.45, 7) is 2.17. The molecule has 0 spiro atoms. The molecule has 4 rings (SSSR count). The van der Waals surface area contributed by atoms with Crippen molar-refractivity contribution in [1.82, 2.24) is 9.55 Å². The largest absolute Gasteiger partial charge is 0.315 e. The molecule has 0 saturated carbocycles. The van der Waals surface area contributed by atoms with Crippen LogP contribution in [0.4, 0.5) is 0 Å². The Morgan fingerprint density at radius 3 is 1.52 bits per heavy atom. The first kappa shape index (κ1) is 18.0. The summed E-state index contributed by atoms with van der Waals surface area (Å²) in [4.78, 5) is 4.82. The molecule has 0 atom stereocenters. The Bertz CT molecular complexity index is 912. The topological polar surface area (TPSA) is 17.8 Å². The van der Waals surface area contributed by atoms with Crippen LogP contribution in [0.2, 0.25) is 0 Å². The minimum absolute atomic E-state index is 0.467. The molecule has 2 nitrogen and oxygen atoms in total. The molecule has 0 amide bonds. The van der Waals surface area contributed by atoms with E-state index in [0.717, 1.165) is 15.9 Å². The van der Waals surface area contributed by atoms with Gasteiger partial charge in [0.05, 0.1) is 0 Å². The lowest BCUT2D eigenvalue weighted by molar-refractivity contribution is 0.494. The monoisotopic (exact) mass is 464 g/mol. The Kier molecular flexibility index (Phi) is 5.12. The van der Waals surface area contributed by atoms with E-state index in [1.54, 1.807) is 0 Å². The minimum atomic E-state index is -0.467. The lowest BCUT2D eigenvalue weighted by atomic mass is 9.76. The average molecular weight is 464 g/mol. The van der Waals surface area contributed by atoms with E-state index in [0.29, 0.717) is 0 Å². The second-order valence-corrected chi connectivity index (χ2v) is 7.62. The van der Waals surface area contributed by atoms with Gasteiger partial charge in [0.15, 0.2) is 0 Å². The summed E-state index contributed by atoms with van der Waals surface area (Å²) in [5.41, 5.74) is 3.22. The van der Waals surface area contributed by atoms with Crippen LogP contribution in [0.15, 0.2) is 97.2 Å². The van der Waals surface area contributed by atoms with Crippen LogP contribution in [0.25, 0.3) is 0 Å². The highest BCUT2D eigenvalue weighted by Crippen LogP contribution is 2.41. The van der Waals surface area contributed by atoms with Gasteiger partial charge >= 0.3 is 0 Å². The zero-order valence-electron chi connectivity index (χ0n) is 15.2. The standard InChI is InChI=1S/C24H21IN2/c1-2-23-26-22(25)18-27(23)24(19-12-6-3-7-13-19,20-14-8-4-9-15-20)21-16-10-5-11-17-21/h3-18H,2H2,1H3. The number of hydrogen-bond acceptors (Lipinski definition) is 1. The van der Waals surface area contributed by atoms with Gasteiger partial charge in [0, 0.05) is 12.6 Å². The Balaban J connectivity index is 2.16. The summed E-state index contributed by atoms with van der Waals surface area (Å²) in [7, 11) is 0. The Hall–Kier alpha value is -2.40. The molecule has 0 saturated heterocycles. The molecule has 0 bridgehead atoms. The third-order valence-electron chi connectivity index (χ3n) is 5.00. The molecule has 0 N–H and O–H groups in total. The maximum atomic E-state index is 4.82. The van der Waals surface area contributed by atoms with Crippen molar-refractivity contribution in [2.75, 3.05) is 0 Å². The van der Waals surface area contributed by atoms with Gasteiger partial charge in [-0.3, -0.25) is 0 Å². The number of hydrogen-bond donors (Lipinski definition) is 0. The summed E-state index contributed by atoms with van der Waals surface area (Å²) in [5, 5.41) is 0. The summed E-state index contributed by atoms with van der Waals surface area (Å²) in [6.07, 6.45) is 3.05. The predicted octanol–water partition coefficient (Wildman–Crippen LogP) is 5.89. The molecule has 0 aliphatic rings. The highest BCUT2D eigenvalue weighted by atomic mass is 127. The van der Waals surface area contributed by atoms with Gasteiger partial charge in [-0.15, -0.1) is 0 Å². The van der Waals surface area contributed by atoms with Crippen LogP contribution in [0.1, 0.15) is 29.4 Å². The first-order chi connectivity index (χ1) is 13.3. The van der Waals surface area contributed by atoms with Crippen molar-refractivity contribution >= 4 is 22.6 Å². The lowest BCUT2D eigenvalue weighted by Gasteiger charge is -2.38. The molecule has 134 valence electrons. The number of nitrogens with zero attached hydrogens (tertiary/aromatic N) is 2. The van der Waals surface area contributed by atoms with Gasteiger partial charge in [0.25, 0.3) is 0 Å². The Morgan fingerprint density at radius 1 is 0.741 bits per heavy atom. The smallest absolute Gasteiger partial charge is 0.121 e. The van der Waals surface area contributed by atoms with E-state index < -0.39 is 5.54 Å². The van der Waals surface area contributed by atoms with Crippen molar-refractivity contribution in [3.05, 3.63) is 123 Å². The van der Waals surface area contributed by atoms with Crippen molar-refractivity contribution in [2.45, 2.75) is 18.9 Å². The molecule has 0 aliphatic carbocycles. The molecule has 0 unspecified atom stereocenters.